The van der Waals surface area contributed by atoms with E-state index in [9.17, 15) is 0 Å². The number of likely N-dealkylation sites (N-methyl/N-ethyl adjacent to an activating group) is 1. The highest BCUT2D eigenvalue weighted by molar-refractivity contribution is 5.40. The summed E-state index contributed by atoms with van der Waals surface area (Å²) in [5, 5.41) is 3.37. The lowest BCUT2D eigenvalue weighted by atomic mass is 10.1. The van der Waals surface area contributed by atoms with Gasteiger partial charge in [-0.1, -0.05) is 13.8 Å². The molecule has 0 bridgehead atoms. The van der Waals surface area contributed by atoms with Gasteiger partial charge in [-0.25, -0.2) is 9.97 Å². The Hall–Kier alpha value is -1.16. The van der Waals surface area contributed by atoms with Crippen LogP contribution in [-0.4, -0.2) is 36.1 Å². The van der Waals surface area contributed by atoms with E-state index in [0.29, 0.717) is 12.0 Å². The smallest absolute Gasteiger partial charge is 0.133 e. The van der Waals surface area contributed by atoms with Crippen molar-refractivity contribution in [3.05, 3.63) is 17.6 Å². The maximum absolute atomic E-state index is 4.71. The van der Waals surface area contributed by atoms with Crippen LogP contribution < -0.4 is 10.2 Å². The summed E-state index contributed by atoms with van der Waals surface area (Å²) in [5.74, 6) is 2.43. The molecule has 1 aliphatic rings. The summed E-state index contributed by atoms with van der Waals surface area (Å²) in [5.41, 5.74) is 1.07. The molecule has 2 heterocycles. The van der Waals surface area contributed by atoms with Crippen LogP contribution in [0.15, 0.2) is 6.07 Å². The van der Waals surface area contributed by atoms with E-state index in [1.165, 1.54) is 12.8 Å². The number of nitrogens with one attached hydrogen (secondary N) is 1. The number of aromatic nitrogens is 2. The third-order valence-electron chi connectivity index (χ3n) is 3.53. The largest absolute Gasteiger partial charge is 0.355 e. The van der Waals surface area contributed by atoms with Crippen molar-refractivity contribution in [2.24, 2.45) is 0 Å². The maximum Gasteiger partial charge on any atom is 0.133 e. The van der Waals surface area contributed by atoms with E-state index in [2.05, 4.69) is 42.0 Å². The molecule has 2 rings (SSSR count). The van der Waals surface area contributed by atoms with E-state index in [-0.39, 0.29) is 0 Å². The predicted octanol–water partition coefficient (Wildman–Crippen LogP) is 2.10. The van der Waals surface area contributed by atoms with Crippen molar-refractivity contribution in [3.8, 4) is 0 Å². The zero-order valence-electron chi connectivity index (χ0n) is 11.9. The van der Waals surface area contributed by atoms with Gasteiger partial charge in [-0.05, 0) is 26.8 Å². The molecular weight excluding hydrogens is 224 g/mol. The second-order valence-corrected chi connectivity index (χ2v) is 5.45. The summed E-state index contributed by atoms with van der Waals surface area (Å²) < 4.78 is 0. The Labute approximate surface area is 110 Å². The molecule has 0 radical (unpaired) electrons. The van der Waals surface area contributed by atoms with Gasteiger partial charge < -0.3 is 10.2 Å². The Balaban J connectivity index is 2.21. The second-order valence-electron chi connectivity index (χ2n) is 5.45. The highest BCUT2D eigenvalue weighted by atomic mass is 15.2. The Morgan fingerprint density at radius 3 is 2.83 bits per heavy atom. The van der Waals surface area contributed by atoms with Gasteiger partial charge in [-0.15, -0.1) is 0 Å². The number of hydrogen-bond donors (Lipinski definition) is 1. The summed E-state index contributed by atoms with van der Waals surface area (Å²) in [6.45, 7) is 8.49. The third-order valence-corrected chi connectivity index (χ3v) is 3.53. The molecule has 1 N–H and O–H groups in total. The number of hydrogen-bond acceptors (Lipinski definition) is 4. The van der Waals surface area contributed by atoms with Crippen molar-refractivity contribution in [2.75, 3.05) is 25.0 Å². The minimum absolute atomic E-state index is 0.383. The molecule has 18 heavy (non-hydrogen) atoms. The maximum atomic E-state index is 4.71. The van der Waals surface area contributed by atoms with Crippen molar-refractivity contribution in [2.45, 2.75) is 45.6 Å². The van der Waals surface area contributed by atoms with Gasteiger partial charge in [-0.2, -0.15) is 0 Å². The molecule has 1 aliphatic heterocycles. The van der Waals surface area contributed by atoms with E-state index in [1.54, 1.807) is 0 Å². The minimum Gasteiger partial charge on any atom is -0.355 e. The zero-order chi connectivity index (χ0) is 13.1. The lowest BCUT2D eigenvalue weighted by Gasteiger charge is -2.33. The molecule has 1 atom stereocenters. The number of piperidine rings is 1. The fourth-order valence-corrected chi connectivity index (χ4v) is 2.42. The van der Waals surface area contributed by atoms with Crippen LogP contribution in [0.2, 0.25) is 0 Å². The summed E-state index contributed by atoms with van der Waals surface area (Å²) in [4.78, 5) is 11.6. The molecule has 4 nitrogen and oxygen atoms in total. The highest BCUT2D eigenvalue weighted by Crippen LogP contribution is 2.20. The Bertz CT molecular complexity index is 403. The first-order valence-electron chi connectivity index (χ1n) is 6.88. The van der Waals surface area contributed by atoms with Gasteiger partial charge in [0.2, 0.25) is 0 Å². The fourth-order valence-electron chi connectivity index (χ4n) is 2.42. The average Bonchev–Trinajstić information content (AvgIpc) is 2.38. The average molecular weight is 248 g/mol. The highest BCUT2D eigenvalue weighted by Gasteiger charge is 2.20. The molecule has 0 aliphatic carbocycles. The van der Waals surface area contributed by atoms with Gasteiger partial charge >= 0.3 is 0 Å². The molecule has 0 amide bonds. The van der Waals surface area contributed by atoms with E-state index in [4.69, 9.17) is 4.98 Å². The SMILES string of the molecule is CNC1CCCN(c2cc(C)nc(C(C)C)n2)C1. The van der Waals surface area contributed by atoms with Crippen LogP contribution in [0.3, 0.4) is 0 Å². The first kappa shape index (κ1) is 13.3. The van der Waals surface area contributed by atoms with Crippen molar-refractivity contribution >= 4 is 5.82 Å². The molecule has 100 valence electrons. The Morgan fingerprint density at radius 2 is 2.17 bits per heavy atom. The third kappa shape index (κ3) is 2.99. The second kappa shape index (κ2) is 5.65. The number of nitrogens with zero attached hydrogens (tertiary/aromatic N) is 3. The van der Waals surface area contributed by atoms with Gasteiger partial charge in [0.05, 0.1) is 0 Å². The molecule has 1 aromatic rings. The molecule has 4 heteroatoms. The fraction of sp³-hybridized carbons (Fsp3) is 0.714. The van der Waals surface area contributed by atoms with Gasteiger partial charge in [0.15, 0.2) is 0 Å². The molecule has 0 saturated carbocycles. The van der Waals surface area contributed by atoms with Gasteiger partial charge in [0.25, 0.3) is 0 Å². The van der Waals surface area contributed by atoms with Gasteiger partial charge in [0, 0.05) is 36.8 Å². The van der Waals surface area contributed by atoms with Crippen LogP contribution in [0.5, 0.6) is 0 Å². The first-order chi connectivity index (χ1) is 8.60. The first-order valence-corrected chi connectivity index (χ1v) is 6.88. The standard InChI is InChI=1S/C14H24N4/c1-10(2)14-16-11(3)8-13(17-14)18-7-5-6-12(9-18)15-4/h8,10,12,15H,5-7,9H2,1-4H3. The molecule has 0 aromatic carbocycles. The molecule has 1 fully saturated rings. The minimum atomic E-state index is 0.383. The predicted molar refractivity (Wildman–Crippen MR) is 75.2 cm³/mol. The summed E-state index contributed by atoms with van der Waals surface area (Å²) in [6, 6.07) is 2.68. The summed E-state index contributed by atoms with van der Waals surface area (Å²) in [6.07, 6.45) is 2.49. The molecule has 1 aromatic heterocycles. The Morgan fingerprint density at radius 1 is 1.39 bits per heavy atom. The monoisotopic (exact) mass is 248 g/mol. The van der Waals surface area contributed by atoms with E-state index in [1.807, 2.05) is 7.05 Å². The molecular formula is C14H24N4. The van der Waals surface area contributed by atoms with Crippen LogP contribution in [0.25, 0.3) is 0 Å². The lowest BCUT2D eigenvalue weighted by Crippen LogP contribution is -2.44. The van der Waals surface area contributed by atoms with Crippen molar-refractivity contribution in [1.82, 2.24) is 15.3 Å². The molecule has 1 unspecified atom stereocenters. The number of aryl methyl sites for hydroxylation is 1. The van der Waals surface area contributed by atoms with E-state index >= 15 is 0 Å². The normalized spacial score (nSPS) is 20.5. The van der Waals surface area contributed by atoms with Crippen molar-refractivity contribution in [3.63, 3.8) is 0 Å². The topological polar surface area (TPSA) is 41.0 Å². The van der Waals surface area contributed by atoms with Crippen molar-refractivity contribution < 1.29 is 0 Å². The van der Waals surface area contributed by atoms with E-state index in [0.717, 1.165) is 30.4 Å². The van der Waals surface area contributed by atoms with Crippen LogP contribution in [0, 0.1) is 6.92 Å². The quantitative estimate of drug-likeness (QED) is 0.889. The Kier molecular flexibility index (Phi) is 4.17. The van der Waals surface area contributed by atoms with Crippen LogP contribution in [0.1, 0.15) is 44.1 Å². The number of anilines is 1. The number of rotatable bonds is 3. The van der Waals surface area contributed by atoms with Gasteiger partial charge in [0.1, 0.15) is 11.6 Å². The summed E-state index contributed by atoms with van der Waals surface area (Å²) >= 11 is 0. The molecule has 1 saturated heterocycles. The van der Waals surface area contributed by atoms with Crippen LogP contribution in [-0.2, 0) is 0 Å². The molecule has 0 spiro atoms. The van der Waals surface area contributed by atoms with Crippen LogP contribution in [0.4, 0.5) is 5.82 Å². The lowest BCUT2D eigenvalue weighted by molar-refractivity contribution is 0.447. The zero-order valence-corrected chi connectivity index (χ0v) is 11.9. The van der Waals surface area contributed by atoms with Gasteiger partial charge in [-0.3, -0.25) is 0 Å². The van der Waals surface area contributed by atoms with Crippen LogP contribution >= 0.6 is 0 Å². The van der Waals surface area contributed by atoms with E-state index < -0.39 is 0 Å². The summed E-state index contributed by atoms with van der Waals surface area (Å²) in [7, 11) is 2.04. The van der Waals surface area contributed by atoms with Crippen molar-refractivity contribution in [1.29, 1.82) is 0 Å².